The Morgan fingerprint density at radius 1 is 1.47 bits per heavy atom. The number of piperidine rings is 1. The van der Waals surface area contributed by atoms with Crippen LogP contribution < -0.4 is 0 Å². The molecule has 0 spiro atoms. The van der Waals surface area contributed by atoms with Crippen LogP contribution in [-0.4, -0.2) is 41.8 Å². The van der Waals surface area contributed by atoms with Crippen LogP contribution in [0.25, 0.3) is 0 Å². The minimum Gasteiger partial charge on any atom is -0.481 e. The largest absolute Gasteiger partial charge is 0.481 e. The molecule has 1 fully saturated rings. The number of amides is 1. The third kappa shape index (κ3) is 3.91. The molecule has 98 valence electrons. The fourth-order valence-electron chi connectivity index (χ4n) is 1.95. The number of rotatable bonds is 4. The molecule has 0 aliphatic carbocycles. The van der Waals surface area contributed by atoms with Crippen molar-refractivity contribution >= 4 is 12.1 Å². The molecule has 2 atom stereocenters. The Bertz CT molecular complexity index is 280. The van der Waals surface area contributed by atoms with Crippen molar-refractivity contribution < 1.29 is 19.4 Å². The molecule has 0 saturated carbocycles. The first-order valence-corrected chi connectivity index (χ1v) is 6.20. The molecule has 17 heavy (non-hydrogen) atoms. The molecule has 1 amide bonds. The van der Waals surface area contributed by atoms with Gasteiger partial charge in [0.25, 0.3) is 0 Å². The summed E-state index contributed by atoms with van der Waals surface area (Å²) >= 11 is 0. The van der Waals surface area contributed by atoms with E-state index in [9.17, 15) is 9.59 Å². The van der Waals surface area contributed by atoms with E-state index in [0.717, 1.165) is 19.3 Å². The predicted molar refractivity (Wildman–Crippen MR) is 62.7 cm³/mol. The van der Waals surface area contributed by atoms with Gasteiger partial charge < -0.3 is 14.7 Å². The van der Waals surface area contributed by atoms with Crippen molar-refractivity contribution in [3.05, 3.63) is 0 Å². The van der Waals surface area contributed by atoms with Crippen LogP contribution in [0.2, 0.25) is 0 Å². The summed E-state index contributed by atoms with van der Waals surface area (Å²) in [6.45, 7) is 5.21. The van der Waals surface area contributed by atoms with Crippen LogP contribution >= 0.6 is 0 Å². The van der Waals surface area contributed by atoms with Gasteiger partial charge in [-0.25, -0.2) is 4.79 Å². The molecule has 0 radical (unpaired) electrons. The number of carbonyl (C=O) groups excluding carboxylic acids is 1. The second-order valence-electron chi connectivity index (χ2n) is 4.62. The van der Waals surface area contributed by atoms with Crippen LogP contribution in [0.15, 0.2) is 0 Å². The van der Waals surface area contributed by atoms with Crippen LogP contribution in [0.5, 0.6) is 0 Å². The van der Waals surface area contributed by atoms with E-state index in [1.165, 1.54) is 4.90 Å². The first kappa shape index (κ1) is 13.8. The van der Waals surface area contributed by atoms with E-state index in [0.29, 0.717) is 13.2 Å². The fourth-order valence-corrected chi connectivity index (χ4v) is 1.95. The maximum Gasteiger partial charge on any atom is 0.409 e. The fraction of sp³-hybridized carbons (Fsp3) is 0.833. The average Bonchev–Trinajstić information content (AvgIpc) is 2.29. The molecule has 1 rings (SSSR count). The van der Waals surface area contributed by atoms with Gasteiger partial charge in [-0.15, -0.1) is 0 Å². The highest BCUT2D eigenvalue weighted by Gasteiger charge is 2.33. The molecule has 1 saturated heterocycles. The lowest BCUT2D eigenvalue weighted by molar-refractivity contribution is -0.145. The standard InChI is InChI=1S/C12H21NO4/c1-3-4-7-17-12(16)13-6-5-9(2)10(8-13)11(14)15/h9-10H,3-8H2,1-2H3,(H,14,15). The van der Waals surface area contributed by atoms with Gasteiger partial charge in [-0.1, -0.05) is 20.3 Å². The minimum atomic E-state index is -0.830. The van der Waals surface area contributed by atoms with Crippen molar-refractivity contribution in [1.82, 2.24) is 4.90 Å². The maximum absolute atomic E-state index is 11.7. The van der Waals surface area contributed by atoms with Crippen LogP contribution in [0.3, 0.4) is 0 Å². The van der Waals surface area contributed by atoms with Crippen molar-refractivity contribution in [3.8, 4) is 0 Å². The Morgan fingerprint density at radius 2 is 2.18 bits per heavy atom. The number of hydrogen-bond donors (Lipinski definition) is 1. The van der Waals surface area contributed by atoms with Gasteiger partial charge in [0, 0.05) is 13.1 Å². The van der Waals surface area contributed by atoms with Crippen LogP contribution in [0.1, 0.15) is 33.1 Å². The van der Waals surface area contributed by atoms with Gasteiger partial charge in [-0.3, -0.25) is 4.79 Å². The third-order valence-electron chi connectivity index (χ3n) is 3.26. The molecule has 0 bridgehead atoms. The number of ether oxygens (including phenoxy) is 1. The lowest BCUT2D eigenvalue weighted by Crippen LogP contribution is -2.46. The smallest absolute Gasteiger partial charge is 0.409 e. The summed E-state index contributed by atoms with van der Waals surface area (Å²) in [5.41, 5.74) is 0. The average molecular weight is 243 g/mol. The predicted octanol–water partition coefficient (Wildman–Crippen LogP) is 1.97. The summed E-state index contributed by atoms with van der Waals surface area (Å²) < 4.78 is 5.08. The molecular weight excluding hydrogens is 222 g/mol. The van der Waals surface area contributed by atoms with E-state index in [4.69, 9.17) is 9.84 Å². The first-order chi connectivity index (χ1) is 8.06. The Hall–Kier alpha value is -1.26. The SMILES string of the molecule is CCCCOC(=O)N1CCC(C)C(C(=O)O)C1. The highest BCUT2D eigenvalue weighted by Crippen LogP contribution is 2.23. The molecule has 2 unspecified atom stereocenters. The molecule has 1 N–H and O–H groups in total. The quantitative estimate of drug-likeness (QED) is 0.766. The zero-order valence-corrected chi connectivity index (χ0v) is 10.5. The second kappa shape index (κ2) is 6.47. The number of unbranched alkanes of at least 4 members (excludes halogenated alkanes) is 1. The molecule has 1 aliphatic rings. The third-order valence-corrected chi connectivity index (χ3v) is 3.26. The van der Waals surface area contributed by atoms with Crippen LogP contribution in [0, 0.1) is 11.8 Å². The lowest BCUT2D eigenvalue weighted by atomic mass is 9.87. The Kier molecular flexibility index (Phi) is 5.25. The van der Waals surface area contributed by atoms with E-state index >= 15 is 0 Å². The molecule has 5 heteroatoms. The summed E-state index contributed by atoms with van der Waals surface area (Å²) in [5, 5.41) is 9.04. The van der Waals surface area contributed by atoms with Gasteiger partial charge in [0.2, 0.25) is 0 Å². The van der Waals surface area contributed by atoms with Crippen LogP contribution in [0.4, 0.5) is 4.79 Å². The van der Waals surface area contributed by atoms with E-state index in [1.54, 1.807) is 0 Å². The number of likely N-dealkylation sites (tertiary alicyclic amines) is 1. The normalized spacial score (nSPS) is 24.5. The summed E-state index contributed by atoms with van der Waals surface area (Å²) in [7, 11) is 0. The second-order valence-corrected chi connectivity index (χ2v) is 4.62. The highest BCUT2D eigenvalue weighted by atomic mass is 16.6. The van der Waals surface area contributed by atoms with E-state index < -0.39 is 11.9 Å². The molecular formula is C12H21NO4. The Morgan fingerprint density at radius 3 is 2.76 bits per heavy atom. The van der Waals surface area contributed by atoms with Gasteiger partial charge >= 0.3 is 12.1 Å². The number of carbonyl (C=O) groups is 2. The monoisotopic (exact) mass is 243 g/mol. The minimum absolute atomic E-state index is 0.118. The summed E-state index contributed by atoms with van der Waals surface area (Å²) in [4.78, 5) is 24.2. The molecule has 0 aromatic rings. The van der Waals surface area contributed by atoms with Gasteiger partial charge in [-0.05, 0) is 18.8 Å². The van der Waals surface area contributed by atoms with Gasteiger partial charge in [0.1, 0.15) is 0 Å². The lowest BCUT2D eigenvalue weighted by Gasteiger charge is -2.34. The first-order valence-electron chi connectivity index (χ1n) is 6.20. The highest BCUT2D eigenvalue weighted by molar-refractivity contribution is 5.73. The maximum atomic E-state index is 11.7. The Balaban J connectivity index is 2.44. The van der Waals surface area contributed by atoms with E-state index in [2.05, 4.69) is 0 Å². The van der Waals surface area contributed by atoms with Crippen molar-refractivity contribution in [2.45, 2.75) is 33.1 Å². The molecule has 5 nitrogen and oxygen atoms in total. The molecule has 1 heterocycles. The number of aliphatic carboxylic acids is 1. The molecule has 0 aromatic carbocycles. The van der Waals surface area contributed by atoms with Crippen molar-refractivity contribution in [1.29, 1.82) is 0 Å². The van der Waals surface area contributed by atoms with Crippen molar-refractivity contribution in [2.24, 2.45) is 11.8 Å². The number of nitrogens with zero attached hydrogens (tertiary/aromatic N) is 1. The number of hydrogen-bond acceptors (Lipinski definition) is 3. The molecule has 1 aliphatic heterocycles. The van der Waals surface area contributed by atoms with E-state index in [-0.39, 0.29) is 18.6 Å². The van der Waals surface area contributed by atoms with Crippen molar-refractivity contribution in [3.63, 3.8) is 0 Å². The van der Waals surface area contributed by atoms with Gasteiger partial charge in [-0.2, -0.15) is 0 Å². The van der Waals surface area contributed by atoms with Gasteiger partial charge in [0.15, 0.2) is 0 Å². The summed E-state index contributed by atoms with van der Waals surface area (Å²) in [5.74, 6) is -1.18. The zero-order chi connectivity index (χ0) is 12.8. The summed E-state index contributed by atoms with van der Waals surface area (Å²) in [6.07, 6.45) is 2.16. The summed E-state index contributed by atoms with van der Waals surface area (Å²) in [6, 6.07) is 0. The number of carboxylic acids is 1. The Labute approximate surface area is 102 Å². The van der Waals surface area contributed by atoms with Crippen LogP contribution in [-0.2, 0) is 9.53 Å². The van der Waals surface area contributed by atoms with E-state index in [1.807, 2.05) is 13.8 Å². The zero-order valence-electron chi connectivity index (χ0n) is 10.5. The molecule has 0 aromatic heterocycles. The topological polar surface area (TPSA) is 66.8 Å². The van der Waals surface area contributed by atoms with Crippen molar-refractivity contribution in [2.75, 3.05) is 19.7 Å². The number of carboxylic acid groups (broad SMARTS) is 1. The van der Waals surface area contributed by atoms with Gasteiger partial charge in [0.05, 0.1) is 12.5 Å².